The van der Waals surface area contributed by atoms with E-state index in [1.165, 1.54) is 6.07 Å². The molecule has 44 heavy (non-hydrogen) atoms. The van der Waals surface area contributed by atoms with Crippen molar-refractivity contribution in [2.75, 3.05) is 26.7 Å². The highest BCUT2D eigenvalue weighted by Crippen LogP contribution is 2.35. The van der Waals surface area contributed by atoms with E-state index in [0.29, 0.717) is 40.1 Å². The molecule has 0 spiro atoms. The predicted octanol–water partition coefficient (Wildman–Crippen LogP) is 6.16. The predicted molar refractivity (Wildman–Crippen MR) is 170 cm³/mol. The van der Waals surface area contributed by atoms with Crippen molar-refractivity contribution >= 4 is 36.0 Å². The summed E-state index contributed by atoms with van der Waals surface area (Å²) in [6, 6.07) is 6.04. The van der Waals surface area contributed by atoms with Crippen LogP contribution in [0.1, 0.15) is 50.0 Å². The first kappa shape index (κ1) is 32.0. The molecule has 1 fully saturated rings. The van der Waals surface area contributed by atoms with Gasteiger partial charge in [0.15, 0.2) is 5.65 Å². The maximum absolute atomic E-state index is 13.5. The zero-order chi connectivity index (χ0) is 31.8. The number of hydrogen-bond donors (Lipinski definition) is 1. The van der Waals surface area contributed by atoms with Crippen LogP contribution in [-0.2, 0) is 11.5 Å². The average molecular weight is 628 g/mol. The normalized spacial score (nSPS) is 15.5. The zero-order valence-electron chi connectivity index (χ0n) is 26.7. The molecule has 4 aromatic rings. The van der Waals surface area contributed by atoms with Gasteiger partial charge in [0.25, 0.3) is 5.91 Å². The van der Waals surface area contributed by atoms with Crippen LogP contribution in [0.15, 0.2) is 30.6 Å². The number of carbonyl (C=O) groups excluding carboxylic acids is 1. The molecule has 4 heterocycles. The van der Waals surface area contributed by atoms with Crippen LogP contribution in [-0.4, -0.2) is 82.1 Å². The summed E-state index contributed by atoms with van der Waals surface area (Å²) in [7, 11) is 0.824. The number of fused-ring (bicyclic) bond motifs is 2. The van der Waals surface area contributed by atoms with Crippen molar-refractivity contribution < 1.29 is 23.0 Å². The minimum absolute atomic E-state index is 0.0394. The van der Waals surface area contributed by atoms with E-state index in [2.05, 4.69) is 36.9 Å². The highest BCUT2D eigenvalue weighted by Gasteiger charge is 2.26. The van der Waals surface area contributed by atoms with Gasteiger partial charge in [-0.1, -0.05) is 19.6 Å². The van der Waals surface area contributed by atoms with Gasteiger partial charge in [-0.3, -0.25) is 9.48 Å². The summed E-state index contributed by atoms with van der Waals surface area (Å²) in [4.78, 5) is 25.4. The molecule has 10 nitrogen and oxygen atoms in total. The monoisotopic (exact) mass is 627 g/mol. The van der Waals surface area contributed by atoms with Crippen LogP contribution in [0.2, 0.25) is 25.7 Å². The van der Waals surface area contributed by atoms with E-state index < -0.39 is 20.2 Å². The van der Waals surface area contributed by atoms with Crippen LogP contribution < -0.4 is 10.1 Å². The molecule has 0 bridgehead atoms. The number of alkyl halides is 2. The average Bonchev–Trinajstić information content (AvgIpc) is 3.48. The summed E-state index contributed by atoms with van der Waals surface area (Å²) >= 11 is 0. The van der Waals surface area contributed by atoms with Gasteiger partial charge in [-0.2, -0.15) is 13.9 Å². The lowest BCUT2D eigenvalue weighted by molar-refractivity contribution is -0.0497. The molecule has 0 unspecified atom stereocenters. The van der Waals surface area contributed by atoms with E-state index in [1.54, 1.807) is 29.1 Å². The van der Waals surface area contributed by atoms with Crippen LogP contribution in [0.5, 0.6) is 5.75 Å². The second-order valence-corrected chi connectivity index (χ2v) is 19.5. The molecule has 1 aliphatic heterocycles. The maximum atomic E-state index is 13.5. The van der Waals surface area contributed by atoms with E-state index in [-0.39, 0.29) is 24.4 Å². The molecule has 1 saturated heterocycles. The molecule has 238 valence electrons. The van der Waals surface area contributed by atoms with Crippen molar-refractivity contribution in [3.8, 4) is 17.1 Å². The number of nitrogens with zero attached hydrogens (tertiary/aromatic N) is 6. The molecule has 1 aliphatic rings. The maximum Gasteiger partial charge on any atom is 0.387 e. The van der Waals surface area contributed by atoms with Crippen LogP contribution in [0.3, 0.4) is 0 Å². The molecule has 0 aliphatic carbocycles. The summed E-state index contributed by atoms with van der Waals surface area (Å²) in [5, 5.41) is 8.64. The number of carbonyl (C=O) groups is 1. The number of benzene rings is 1. The van der Waals surface area contributed by atoms with Gasteiger partial charge in [-0.15, -0.1) is 0 Å². The molecule has 0 atom stereocenters. The Bertz CT molecular complexity index is 1630. The smallest absolute Gasteiger partial charge is 0.387 e. The van der Waals surface area contributed by atoms with Crippen LogP contribution in [0, 0.1) is 0 Å². The van der Waals surface area contributed by atoms with Gasteiger partial charge in [-0.25, -0.2) is 9.97 Å². The third-order valence-electron chi connectivity index (χ3n) is 7.70. The molecular formula is C31H43F2N7O3Si. The number of piperidine rings is 1. The number of hydrogen-bond acceptors (Lipinski definition) is 7. The van der Waals surface area contributed by atoms with Crippen molar-refractivity contribution in [1.82, 2.24) is 34.5 Å². The quantitative estimate of drug-likeness (QED) is 0.166. The Hall–Kier alpha value is -3.42. The van der Waals surface area contributed by atoms with Gasteiger partial charge in [-0.05, 0) is 78.0 Å². The van der Waals surface area contributed by atoms with Crippen LogP contribution >= 0.6 is 0 Å². The Kier molecular flexibility index (Phi) is 9.10. The number of rotatable bonds is 10. The van der Waals surface area contributed by atoms with Crippen molar-refractivity contribution in [2.45, 2.75) is 84.2 Å². The molecular weight excluding hydrogens is 584 g/mol. The van der Waals surface area contributed by atoms with E-state index in [1.807, 2.05) is 25.5 Å². The minimum Gasteiger partial charge on any atom is -0.435 e. The lowest BCUT2D eigenvalue weighted by atomic mass is 10.1. The van der Waals surface area contributed by atoms with Crippen molar-refractivity contribution in [2.24, 2.45) is 0 Å². The molecule has 0 saturated carbocycles. The summed E-state index contributed by atoms with van der Waals surface area (Å²) < 4.78 is 40.8. The first-order valence-corrected chi connectivity index (χ1v) is 18.8. The first-order valence-electron chi connectivity index (χ1n) is 15.1. The van der Waals surface area contributed by atoms with Crippen LogP contribution in [0.25, 0.3) is 33.5 Å². The first-order chi connectivity index (χ1) is 20.7. The topological polar surface area (TPSA) is 99.3 Å². The number of likely N-dealkylation sites (tertiary alicyclic amines) is 1. The zero-order valence-corrected chi connectivity index (χ0v) is 27.7. The highest BCUT2D eigenvalue weighted by atomic mass is 28.3. The summed E-state index contributed by atoms with van der Waals surface area (Å²) in [5.41, 5.74) is 2.58. The lowest BCUT2D eigenvalue weighted by Crippen LogP contribution is -2.40. The van der Waals surface area contributed by atoms with Crippen molar-refractivity contribution in [1.29, 1.82) is 0 Å². The fourth-order valence-corrected chi connectivity index (χ4v) is 6.14. The standard InChI is InChI=1S/C31H43F2N7O3Si/c1-31(2,3)36-29(41)23-18-39(19-42-14-15-44(5,6)7)28-27(23)35-24(17-34-28)26-22-16-21(43-30(32)33)8-9-25(22)40(37-26)20-10-12-38(4)13-11-20/h8-9,16-18,20,30H,10-15,19H2,1-7H3,(H,36,41). The Labute approximate surface area is 257 Å². The lowest BCUT2D eigenvalue weighted by Gasteiger charge is -2.29. The Morgan fingerprint density at radius 2 is 1.91 bits per heavy atom. The summed E-state index contributed by atoms with van der Waals surface area (Å²) in [6.07, 6.45) is 5.16. The van der Waals surface area contributed by atoms with Crippen LogP contribution in [0.4, 0.5) is 8.78 Å². The van der Waals surface area contributed by atoms with Gasteiger partial charge >= 0.3 is 6.61 Å². The number of nitrogens with one attached hydrogen (secondary N) is 1. The number of amides is 1. The molecule has 1 amide bonds. The van der Waals surface area contributed by atoms with Gasteiger partial charge in [0, 0.05) is 31.8 Å². The Balaban J connectivity index is 1.59. The summed E-state index contributed by atoms with van der Waals surface area (Å²) in [6.45, 7) is 12.4. The molecule has 1 N–H and O–H groups in total. The third-order valence-corrected chi connectivity index (χ3v) is 9.41. The molecule has 1 aromatic carbocycles. The molecule has 13 heteroatoms. The number of aromatic nitrogens is 5. The molecule has 5 rings (SSSR count). The SMILES string of the molecule is CN1CCC(n2nc(-c3cnc4c(n3)c(C(=O)NC(C)(C)C)cn4COCC[Si](C)(C)C)c3cc(OC(F)F)ccc32)CC1. The van der Waals surface area contributed by atoms with Gasteiger partial charge in [0.05, 0.1) is 23.3 Å². The second-order valence-electron chi connectivity index (χ2n) is 13.9. The van der Waals surface area contributed by atoms with E-state index in [0.717, 1.165) is 37.5 Å². The Morgan fingerprint density at radius 1 is 1.18 bits per heavy atom. The second kappa shape index (κ2) is 12.5. The minimum atomic E-state index is -2.95. The third kappa shape index (κ3) is 7.44. The summed E-state index contributed by atoms with van der Waals surface area (Å²) in [5.74, 6) is -0.235. The van der Waals surface area contributed by atoms with E-state index in [9.17, 15) is 13.6 Å². The highest BCUT2D eigenvalue weighted by molar-refractivity contribution is 6.76. The van der Waals surface area contributed by atoms with E-state index >= 15 is 0 Å². The molecule has 3 aromatic heterocycles. The van der Waals surface area contributed by atoms with Gasteiger partial charge in [0.2, 0.25) is 0 Å². The number of halogens is 2. The number of ether oxygens (including phenoxy) is 2. The van der Waals surface area contributed by atoms with E-state index in [4.69, 9.17) is 24.5 Å². The fourth-order valence-electron chi connectivity index (χ4n) is 5.38. The van der Waals surface area contributed by atoms with Gasteiger partial charge in [0.1, 0.15) is 29.4 Å². The fraction of sp³-hybridized carbons (Fsp3) is 0.548. The Morgan fingerprint density at radius 3 is 2.57 bits per heavy atom. The molecule has 0 radical (unpaired) electrons. The van der Waals surface area contributed by atoms with Crippen molar-refractivity contribution in [3.05, 3.63) is 36.2 Å². The van der Waals surface area contributed by atoms with Crippen molar-refractivity contribution in [3.63, 3.8) is 0 Å². The van der Waals surface area contributed by atoms with Gasteiger partial charge < -0.3 is 24.3 Å². The largest absolute Gasteiger partial charge is 0.435 e.